The topological polar surface area (TPSA) is 56.8 Å². The number of aromatic amines is 1. The van der Waals surface area contributed by atoms with Crippen LogP contribution < -0.4 is 10.2 Å². The van der Waals surface area contributed by atoms with Crippen LogP contribution in [0.5, 0.6) is 0 Å². The van der Waals surface area contributed by atoms with Gasteiger partial charge < -0.3 is 10.2 Å². The minimum Gasteiger partial charge on any atom is -0.337 e. The smallest absolute Gasteiger partial charge is 0.245 e. The Morgan fingerprint density at radius 2 is 2.30 bits per heavy atom. The first-order valence-electron chi connectivity index (χ1n) is 6.49. The van der Waals surface area contributed by atoms with Crippen LogP contribution in [0.2, 0.25) is 5.02 Å². The molecule has 2 heterocycles. The molecule has 20 heavy (non-hydrogen) atoms. The van der Waals surface area contributed by atoms with E-state index in [0.717, 1.165) is 35.6 Å². The van der Waals surface area contributed by atoms with Gasteiger partial charge in [-0.05, 0) is 25.1 Å². The summed E-state index contributed by atoms with van der Waals surface area (Å²) in [7, 11) is 0. The fraction of sp³-hybridized carbons (Fsp3) is 0.385. The standard InChI is InChI=1S/C13H15BrClN5/c1-8-7-20(5-4-16-8)13-17-12(18-19-13)10-6-9(14)2-3-11(10)15/h2-3,6,8,16H,4-5,7H2,1H3,(H,17,18,19)/t8-/m0/s1. The second-order valence-electron chi connectivity index (χ2n) is 4.91. The van der Waals surface area contributed by atoms with Crippen molar-refractivity contribution in [3.63, 3.8) is 0 Å². The number of hydrogen-bond acceptors (Lipinski definition) is 4. The lowest BCUT2D eigenvalue weighted by molar-refractivity contribution is 0.480. The number of rotatable bonds is 2. The lowest BCUT2D eigenvalue weighted by atomic mass is 10.2. The van der Waals surface area contributed by atoms with Crippen LogP contribution in [-0.2, 0) is 0 Å². The van der Waals surface area contributed by atoms with Crippen molar-refractivity contribution in [1.29, 1.82) is 0 Å². The van der Waals surface area contributed by atoms with E-state index in [9.17, 15) is 0 Å². The molecule has 1 atom stereocenters. The van der Waals surface area contributed by atoms with Crippen LogP contribution in [0.1, 0.15) is 6.92 Å². The highest BCUT2D eigenvalue weighted by molar-refractivity contribution is 9.10. The first-order chi connectivity index (χ1) is 9.63. The van der Waals surface area contributed by atoms with Gasteiger partial charge in [0, 0.05) is 35.7 Å². The largest absolute Gasteiger partial charge is 0.337 e. The molecule has 1 aromatic heterocycles. The Balaban J connectivity index is 1.88. The van der Waals surface area contributed by atoms with Gasteiger partial charge >= 0.3 is 0 Å². The number of piperazine rings is 1. The van der Waals surface area contributed by atoms with Gasteiger partial charge in [0.05, 0.1) is 5.02 Å². The molecule has 0 unspecified atom stereocenters. The summed E-state index contributed by atoms with van der Waals surface area (Å²) in [5.41, 5.74) is 0.850. The molecule has 1 saturated heterocycles. The quantitative estimate of drug-likeness (QED) is 0.868. The molecular formula is C13H15BrClN5. The molecule has 0 saturated carbocycles. The number of aromatic nitrogens is 3. The van der Waals surface area contributed by atoms with Gasteiger partial charge in [0.2, 0.25) is 5.95 Å². The molecule has 5 nitrogen and oxygen atoms in total. The molecule has 1 aromatic carbocycles. The first kappa shape index (κ1) is 13.9. The van der Waals surface area contributed by atoms with E-state index in [2.05, 4.69) is 48.3 Å². The van der Waals surface area contributed by atoms with Gasteiger partial charge in [-0.25, -0.2) is 0 Å². The summed E-state index contributed by atoms with van der Waals surface area (Å²) in [6.07, 6.45) is 0. The molecule has 0 amide bonds. The second kappa shape index (κ2) is 5.71. The van der Waals surface area contributed by atoms with Crippen molar-refractivity contribution >= 4 is 33.5 Å². The summed E-state index contributed by atoms with van der Waals surface area (Å²) >= 11 is 9.66. The predicted molar refractivity (Wildman–Crippen MR) is 84.2 cm³/mol. The Morgan fingerprint density at radius 3 is 3.10 bits per heavy atom. The van der Waals surface area contributed by atoms with Crippen LogP contribution in [-0.4, -0.2) is 40.9 Å². The summed E-state index contributed by atoms with van der Waals surface area (Å²) in [6, 6.07) is 6.13. The number of nitrogens with one attached hydrogen (secondary N) is 2. The van der Waals surface area contributed by atoms with Crippen molar-refractivity contribution in [2.45, 2.75) is 13.0 Å². The molecule has 2 N–H and O–H groups in total. The molecule has 3 rings (SSSR count). The maximum Gasteiger partial charge on any atom is 0.245 e. The fourth-order valence-corrected chi connectivity index (χ4v) is 2.88. The van der Waals surface area contributed by atoms with Crippen LogP contribution in [0.4, 0.5) is 5.95 Å². The molecule has 0 radical (unpaired) electrons. The highest BCUT2D eigenvalue weighted by Gasteiger charge is 2.20. The van der Waals surface area contributed by atoms with Crippen LogP contribution in [0, 0.1) is 0 Å². The Hall–Kier alpha value is -1.11. The number of H-pyrrole nitrogens is 1. The van der Waals surface area contributed by atoms with Gasteiger partial charge in [0.25, 0.3) is 0 Å². The van der Waals surface area contributed by atoms with E-state index in [1.54, 1.807) is 0 Å². The zero-order chi connectivity index (χ0) is 14.1. The van der Waals surface area contributed by atoms with Crippen molar-refractivity contribution in [3.05, 3.63) is 27.7 Å². The summed E-state index contributed by atoms with van der Waals surface area (Å²) in [4.78, 5) is 6.74. The van der Waals surface area contributed by atoms with E-state index in [0.29, 0.717) is 16.9 Å². The average Bonchev–Trinajstić information content (AvgIpc) is 2.91. The van der Waals surface area contributed by atoms with Crippen LogP contribution in [0.25, 0.3) is 11.4 Å². The minimum absolute atomic E-state index is 0.445. The van der Waals surface area contributed by atoms with E-state index < -0.39 is 0 Å². The van der Waals surface area contributed by atoms with E-state index in [1.807, 2.05) is 18.2 Å². The molecule has 0 aliphatic carbocycles. The number of benzene rings is 1. The molecule has 7 heteroatoms. The van der Waals surface area contributed by atoms with Crippen molar-refractivity contribution in [2.24, 2.45) is 0 Å². The summed E-state index contributed by atoms with van der Waals surface area (Å²) in [6.45, 7) is 4.92. The van der Waals surface area contributed by atoms with Gasteiger partial charge in [-0.3, -0.25) is 5.10 Å². The van der Waals surface area contributed by atoms with Crippen molar-refractivity contribution in [2.75, 3.05) is 24.5 Å². The number of hydrogen-bond donors (Lipinski definition) is 2. The van der Waals surface area contributed by atoms with Gasteiger partial charge in [0.1, 0.15) is 0 Å². The van der Waals surface area contributed by atoms with Gasteiger partial charge in [0.15, 0.2) is 5.82 Å². The Labute approximate surface area is 130 Å². The fourth-order valence-electron chi connectivity index (χ4n) is 2.31. The Bertz CT molecular complexity index is 615. The SMILES string of the molecule is C[C@H]1CN(c2n[nH]c(-c3cc(Br)ccc3Cl)n2)CCN1. The minimum atomic E-state index is 0.445. The molecular weight excluding hydrogens is 342 g/mol. The van der Waals surface area contributed by atoms with E-state index in [1.165, 1.54) is 0 Å². The molecule has 0 bridgehead atoms. The highest BCUT2D eigenvalue weighted by atomic mass is 79.9. The molecule has 106 valence electrons. The predicted octanol–water partition coefficient (Wildman–Crippen LogP) is 2.69. The van der Waals surface area contributed by atoms with E-state index >= 15 is 0 Å². The molecule has 0 spiro atoms. The van der Waals surface area contributed by atoms with Crippen LogP contribution in [0.3, 0.4) is 0 Å². The molecule has 1 aliphatic rings. The third-order valence-electron chi connectivity index (χ3n) is 3.31. The summed E-state index contributed by atoms with van der Waals surface area (Å²) in [5, 5.41) is 11.3. The lowest BCUT2D eigenvalue weighted by Gasteiger charge is -2.30. The third kappa shape index (κ3) is 2.82. The van der Waals surface area contributed by atoms with Crippen molar-refractivity contribution < 1.29 is 0 Å². The maximum absolute atomic E-state index is 6.22. The average molecular weight is 357 g/mol. The van der Waals surface area contributed by atoms with Gasteiger partial charge in [-0.1, -0.05) is 27.5 Å². The number of anilines is 1. The van der Waals surface area contributed by atoms with Gasteiger partial charge in [-0.15, -0.1) is 5.10 Å². The molecule has 1 aliphatic heterocycles. The number of halogens is 2. The third-order valence-corrected chi connectivity index (χ3v) is 4.13. The summed E-state index contributed by atoms with van der Waals surface area (Å²) in [5.74, 6) is 1.42. The molecule has 1 fully saturated rings. The Kier molecular flexibility index (Phi) is 3.96. The number of nitrogens with zero attached hydrogens (tertiary/aromatic N) is 3. The van der Waals surface area contributed by atoms with Crippen LogP contribution in [0.15, 0.2) is 22.7 Å². The van der Waals surface area contributed by atoms with E-state index in [-0.39, 0.29) is 0 Å². The monoisotopic (exact) mass is 355 g/mol. The normalized spacial score (nSPS) is 19.4. The maximum atomic E-state index is 6.22. The first-order valence-corrected chi connectivity index (χ1v) is 7.67. The Morgan fingerprint density at radius 1 is 1.45 bits per heavy atom. The van der Waals surface area contributed by atoms with Crippen LogP contribution >= 0.6 is 27.5 Å². The van der Waals surface area contributed by atoms with E-state index in [4.69, 9.17) is 11.6 Å². The zero-order valence-electron chi connectivity index (χ0n) is 11.0. The van der Waals surface area contributed by atoms with Crippen molar-refractivity contribution in [3.8, 4) is 11.4 Å². The summed E-state index contributed by atoms with van der Waals surface area (Å²) < 4.78 is 0.964. The highest BCUT2D eigenvalue weighted by Crippen LogP contribution is 2.29. The lowest BCUT2D eigenvalue weighted by Crippen LogP contribution is -2.49. The second-order valence-corrected chi connectivity index (χ2v) is 6.23. The van der Waals surface area contributed by atoms with Crippen molar-refractivity contribution in [1.82, 2.24) is 20.5 Å². The molecule has 2 aromatic rings. The zero-order valence-corrected chi connectivity index (χ0v) is 13.4. The van der Waals surface area contributed by atoms with Gasteiger partial charge in [-0.2, -0.15) is 4.98 Å².